The minimum absolute atomic E-state index is 0.0621. The average molecular weight is 426 g/mol. The van der Waals surface area contributed by atoms with Crippen LogP contribution in [0.1, 0.15) is 60.6 Å². The number of methoxy groups -OCH3 is 1. The Labute approximate surface area is 182 Å². The van der Waals surface area contributed by atoms with Crippen molar-refractivity contribution in [1.29, 1.82) is 0 Å². The molecule has 0 spiro atoms. The fraction of sp³-hybridized carbons (Fsp3) is 0.545. The van der Waals surface area contributed by atoms with Crippen LogP contribution in [-0.4, -0.2) is 52.2 Å². The maximum atomic E-state index is 11.8. The van der Waals surface area contributed by atoms with Gasteiger partial charge in [-0.3, -0.25) is 9.69 Å². The number of fused-ring (bicyclic) bond motifs is 1. The number of hydrogen-bond acceptors (Lipinski definition) is 8. The standard InChI is InChI=1S/C22H31N7O2/c1-3-29-10-9-14-12-18(31-2)17(11-15(14)13-29)25-22-26-21(19(20(23)30)27-28-22)24-16-7-5-4-6-8-16/h11-12,16H,3-10,13H2,1-2H3,(H2,23,30)(H2,24,25,26,28). The highest BCUT2D eigenvalue weighted by atomic mass is 16.5. The minimum atomic E-state index is -0.643. The van der Waals surface area contributed by atoms with Crippen LogP contribution in [0.5, 0.6) is 5.75 Å². The SMILES string of the molecule is CCN1CCc2cc(OC)c(Nc3nnc(C(N)=O)c(NC4CCCCC4)n3)cc2C1. The molecule has 4 N–H and O–H groups in total. The van der Waals surface area contributed by atoms with Gasteiger partial charge in [-0.15, -0.1) is 10.2 Å². The lowest BCUT2D eigenvalue weighted by molar-refractivity contribution is 0.0995. The van der Waals surface area contributed by atoms with Gasteiger partial charge in [0.05, 0.1) is 12.8 Å². The number of likely N-dealkylation sites (N-methyl/N-ethyl adjacent to an activating group) is 1. The van der Waals surface area contributed by atoms with Gasteiger partial charge in [0.25, 0.3) is 5.91 Å². The molecule has 0 bridgehead atoms. The van der Waals surface area contributed by atoms with Crippen molar-refractivity contribution in [3.8, 4) is 5.75 Å². The van der Waals surface area contributed by atoms with Crippen LogP contribution in [0.2, 0.25) is 0 Å². The summed E-state index contributed by atoms with van der Waals surface area (Å²) in [5, 5.41) is 14.7. The minimum Gasteiger partial charge on any atom is -0.495 e. The number of aromatic nitrogens is 3. The number of anilines is 3. The number of nitrogens with one attached hydrogen (secondary N) is 2. The summed E-state index contributed by atoms with van der Waals surface area (Å²) in [6.45, 7) is 5.15. The van der Waals surface area contributed by atoms with Crippen LogP contribution < -0.4 is 21.1 Å². The molecule has 0 unspecified atom stereocenters. The number of carbonyl (C=O) groups excluding carboxylic acids is 1. The van der Waals surface area contributed by atoms with Crippen molar-refractivity contribution < 1.29 is 9.53 Å². The molecular formula is C22H31N7O2. The largest absolute Gasteiger partial charge is 0.495 e. The van der Waals surface area contributed by atoms with Gasteiger partial charge in [0.2, 0.25) is 5.95 Å². The predicted molar refractivity (Wildman–Crippen MR) is 120 cm³/mol. The summed E-state index contributed by atoms with van der Waals surface area (Å²) in [6, 6.07) is 4.43. The Morgan fingerprint density at radius 2 is 2.03 bits per heavy atom. The van der Waals surface area contributed by atoms with Crippen LogP contribution in [0, 0.1) is 0 Å². The molecule has 1 amide bonds. The number of nitrogens with two attached hydrogens (primary N) is 1. The van der Waals surface area contributed by atoms with Gasteiger partial charge in [0, 0.05) is 19.1 Å². The van der Waals surface area contributed by atoms with Crippen LogP contribution >= 0.6 is 0 Å². The van der Waals surface area contributed by atoms with Crippen LogP contribution in [0.25, 0.3) is 0 Å². The summed E-state index contributed by atoms with van der Waals surface area (Å²) in [5.74, 6) is 0.764. The summed E-state index contributed by atoms with van der Waals surface area (Å²) >= 11 is 0. The number of rotatable bonds is 7. The lowest BCUT2D eigenvalue weighted by Crippen LogP contribution is -2.30. The van der Waals surface area contributed by atoms with Gasteiger partial charge in [0.15, 0.2) is 11.5 Å². The van der Waals surface area contributed by atoms with Gasteiger partial charge in [-0.2, -0.15) is 4.98 Å². The van der Waals surface area contributed by atoms with Gasteiger partial charge in [-0.05, 0) is 49.1 Å². The number of carbonyl (C=O) groups is 1. The molecule has 2 aromatic rings. The molecule has 4 rings (SSSR count). The third kappa shape index (κ3) is 4.87. The van der Waals surface area contributed by atoms with E-state index < -0.39 is 5.91 Å². The zero-order valence-corrected chi connectivity index (χ0v) is 18.3. The van der Waals surface area contributed by atoms with E-state index in [1.54, 1.807) is 7.11 Å². The van der Waals surface area contributed by atoms with Crippen molar-refractivity contribution in [3.63, 3.8) is 0 Å². The van der Waals surface area contributed by atoms with E-state index in [1.165, 1.54) is 17.5 Å². The molecule has 1 aliphatic carbocycles. The van der Waals surface area contributed by atoms with E-state index in [1.807, 2.05) is 0 Å². The Balaban J connectivity index is 1.61. The molecule has 1 fully saturated rings. The van der Waals surface area contributed by atoms with Crippen molar-refractivity contribution in [2.45, 2.75) is 58.0 Å². The highest BCUT2D eigenvalue weighted by Gasteiger charge is 2.21. The van der Waals surface area contributed by atoms with Crippen molar-refractivity contribution in [3.05, 3.63) is 29.0 Å². The first-order valence-corrected chi connectivity index (χ1v) is 11.1. The molecule has 1 aliphatic heterocycles. The van der Waals surface area contributed by atoms with Gasteiger partial charge < -0.3 is 21.1 Å². The Morgan fingerprint density at radius 1 is 1.23 bits per heavy atom. The number of ether oxygens (including phenoxy) is 1. The quantitative estimate of drug-likeness (QED) is 0.620. The first kappa shape index (κ1) is 21.3. The predicted octanol–water partition coefficient (Wildman–Crippen LogP) is 2.85. The average Bonchev–Trinajstić information content (AvgIpc) is 2.79. The number of hydrogen-bond donors (Lipinski definition) is 3. The topological polar surface area (TPSA) is 118 Å². The molecule has 2 heterocycles. The van der Waals surface area contributed by atoms with Gasteiger partial charge in [0.1, 0.15) is 5.75 Å². The molecule has 9 nitrogen and oxygen atoms in total. The lowest BCUT2D eigenvalue weighted by atomic mass is 9.95. The molecular weight excluding hydrogens is 394 g/mol. The van der Waals surface area contributed by atoms with Gasteiger partial charge in [-0.1, -0.05) is 26.2 Å². The van der Waals surface area contributed by atoms with Crippen LogP contribution in [0.4, 0.5) is 17.5 Å². The van der Waals surface area contributed by atoms with Crippen molar-refractivity contribution >= 4 is 23.4 Å². The highest BCUT2D eigenvalue weighted by molar-refractivity contribution is 5.95. The molecule has 1 aromatic carbocycles. The van der Waals surface area contributed by atoms with E-state index in [0.29, 0.717) is 11.8 Å². The van der Waals surface area contributed by atoms with Crippen LogP contribution in [-0.2, 0) is 13.0 Å². The number of nitrogens with zero attached hydrogens (tertiary/aromatic N) is 4. The summed E-state index contributed by atoms with van der Waals surface area (Å²) in [7, 11) is 1.65. The Bertz CT molecular complexity index is 944. The molecule has 9 heteroatoms. The zero-order chi connectivity index (χ0) is 21.8. The normalized spacial score (nSPS) is 17.1. The van der Waals surface area contributed by atoms with Gasteiger partial charge in [-0.25, -0.2) is 0 Å². The first-order chi connectivity index (χ1) is 15.1. The maximum absolute atomic E-state index is 11.8. The molecule has 31 heavy (non-hydrogen) atoms. The fourth-order valence-electron chi connectivity index (χ4n) is 4.39. The van der Waals surface area contributed by atoms with E-state index in [2.05, 4.69) is 49.8 Å². The number of amides is 1. The van der Waals surface area contributed by atoms with Crippen molar-refractivity contribution in [2.75, 3.05) is 30.8 Å². The molecule has 166 valence electrons. The summed E-state index contributed by atoms with van der Waals surface area (Å²) < 4.78 is 5.61. The van der Waals surface area contributed by atoms with Crippen molar-refractivity contribution in [2.24, 2.45) is 5.73 Å². The zero-order valence-electron chi connectivity index (χ0n) is 18.3. The Kier molecular flexibility index (Phi) is 6.50. The first-order valence-electron chi connectivity index (χ1n) is 11.1. The van der Waals surface area contributed by atoms with E-state index in [0.717, 1.165) is 63.2 Å². The molecule has 1 saturated carbocycles. The molecule has 0 radical (unpaired) electrons. The van der Waals surface area contributed by atoms with Crippen molar-refractivity contribution in [1.82, 2.24) is 20.1 Å². The molecule has 2 aliphatic rings. The fourth-order valence-corrected chi connectivity index (χ4v) is 4.39. The maximum Gasteiger partial charge on any atom is 0.273 e. The van der Waals surface area contributed by atoms with E-state index in [-0.39, 0.29) is 11.7 Å². The Hall–Kier alpha value is -2.94. The second kappa shape index (κ2) is 9.47. The van der Waals surface area contributed by atoms with E-state index >= 15 is 0 Å². The smallest absolute Gasteiger partial charge is 0.273 e. The lowest BCUT2D eigenvalue weighted by Gasteiger charge is -2.28. The molecule has 1 aromatic heterocycles. The van der Waals surface area contributed by atoms with E-state index in [9.17, 15) is 4.79 Å². The summed E-state index contributed by atoms with van der Waals surface area (Å²) in [4.78, 5) is 18.8. The number of primary amides is 1. The molecule has 0 atom stereocenters. The van der Waals surface area contributed by atoms with E-state index in [4.69, 9.17) is 10.5 Å². The summed E-state index contributed by atoms with van der Waals surface area (Å²) in [5.41, 5.74) is 8.90. The Morgan fingerprint density at radius 3 is 2.74 bits per heavy atom. The van der Waals surface area contributed by atoms with Crippen LogP contribution in [0.3, 0.4) is 0 Å². The van der Waals surface area contributed by atoms with Crippen LogP contribution in [0.15, 0.2) is 12.1 Å². The van der Waals surface area contributed by atoms with Gasteiger partial charge >= 0.3 is 0 Å². The second-order valence-electron chi connectivity index (χ2n) is 8.24. The molecule has 0 saturated heterocycles. The number of benzene rings is 1. The highest BCUT2D eigenvalue weighted by Crippen LogP contribution is 2.33. The summed E-state index contributed by atoms with van der Waals surface area (Å²) in [6.07, 6.45) is 6.64. The third-order valence-electron chi connectivity index (χ3n) is 6.17. The second-order valence-corrected chi connectivity index (χ2v) is 8.24. The monoisotopic (exact) mass is 425 g/mol. The third-order valence-corrected chi connectivity index (χ3v) is 6.17.